The van der Waals surface area contributed by atoms with Crippen LogP contribution in [0.1, 0.15) is 23.2 Å². The number of rotatable bonds is 7. The van der Waals surface area contributed by atoms with Crippen molar-refractivity contribution in [1.29, 1.82) is 0 Å². The highest BCUT2D eigenvalue weighted by Gasteiger charge is 2.40. The number of hydrogen-bond acceptors (Lipinski definition) is 3. The molecule has 3 fully saturated rings. The molecule has 0 saturated carbocycles. The van der Waals surface area contributed by atoms with E-state index in [0.29, 0.717) is 6.04 Å². The second-order valence-electron chi connectivity index (χ2n) is 7.28. The minimum absolute atomic E-state index is 0.0421. The zero-order valence-electron chi connectivity index (χ0n) is 14.7. The zero-order valence-corrected chi connectivity index (χ0v) is 14.7. The van der Waals surface area contributed by atoms with E-state index in [4.69, 9.17) is 0 Å². The number of nitrogens with zero attached hydrogens (tertiary/aromatic N) is 2. The van der Waals surface area contributed by atoms with Gasteiger partial charge in [0.05, 0.1) is 0 Å². The van der Waals surface area contributed by atoms with Gasteiger partial charge in [-0.25, -0.2) is 0 Å². The second kappa shape index (κ2) is 7.95. The Morgan fingerprint density at radius 3 is 2.88 bits per heavy atom. The molecule has 4 unspecified atom stereocenters. The lowest BCUT2D eigenvalue weighted by Crippen LogP contribution is -2.58. The van der Waals surface area contributed by atoms with E-state index in [1.807, 2.05) is 36.4 Å². The van der Waals surface area contributed by atoms with Gasteiger partial charge in [0.15, 0.2) is 0 Å². The number of nitrogens with one attached hydrogen (secondary N) is 1. The van der Waals surface area contributed by atoms with E-state index in [1.54, 1.807) is 0 Å². The van der Waals surface area contributed by atoms with Crippen molar-refractivity contribution in [1.82, 2.24) is 15.1 Å². The number of likely N-dealkylation sites (N-methyl/N-ethyl adjacent to an activating group) is 1. The van der Waals surface area contributed by atoms with Crippen LogP contribution in [0.3, 0.4) is 0 Å². The van der Waals surface area contributed by atoms with Crippen LogP contribution >= 0.6 is 0 Å². The van der Waals surface area contributed by atoms with Crippen molar-refractivity contribution >= 4 is 5.91 Å². The highest BCUT2D eigenvalue weighted by atomic mass is 16.1. The van der Waals surface area contributed by atoms with Gasteiger partial charge >= 0.3 is 0 Å². The van der Waals surface area contributed by atoms with Crippen molar-refractivity contribution < 1.29 is 4.79 Å². The van der Waals surface area contributed by atoms with Gasteiger partial charge in [0.25, 0.3) is 5.91 Å². The molecule has 3 aliphatic heterocycles. The van der Waals surface area contributed by atoms with Crippen LogP contribution in [0, 0.1) is 11.8 Å². The Hall–Kier alpha value is -1.65. The van der Waals surface area contributed by atoms with Crippen LogP contribution in [-0.2, 0) is 0 Å². The highest BCUT2D eigenvalue weighted by molar-refractivity contribution is 5.94. The van der Waals surface area contributed by atoms with Crippen molar-refractivity contribution in [2.24, 2.45) is 11.8 Å². The molecule has 130 valence electrons. The highest BCUT2D eigenvalue weighted by Crippen LogP contribution is 2.36. The Labute approximate surface area is 145 Å². The first-order valence-electron chi connectivity index (χ1n) is 9.04. The Morgan fingerprint density at radius 1 is 1.42 bits per heavy atom. The maximum Gasteiger partial charge on any atom is 0.251 e. The number of benzene rings is 1. The van der Waals surface area contributed by atoms with Gasteiger partial charge in [0.2, 0.25) is 0 Å². The van der Waals surface area contributed by atoms with E-state index in [2.05, 4.69) is 28.7 Å². The fourth-order valence-electron chi connectivity index (χ4n) is 4.27. The van der Waals surface area contributed by atoms with Crippen LogP contribution < -0.4 is 5.32 Å². The molecule has 4 atom stereocenters. The van der Waals surface area contributed by atoms with Crippen LogP contribution in [0.15, 0.2) is 43.0 Å². The van der Waals surface area contributed by atoms with E-state index in [0.717, 1.165) is 43.6 Å². The zero-order chi connectivity index (χ0) is 16.9. The predicted molar refractivity (Wildman–Crippen MR) is 98.0 cm³/mol. The number of amides is 1. The third-order valence-corrected chi connectivity index (χ3v) is 5.54. The molecule has 3 aliphatic rings. The summed E-state index contributed by atoms with van der Waals surface area (Å²) in [6.07, 6.45) is 4.49. The van der Waals surface area contributed by atoms with Crippen LogP contribution in [0.2, 0.25) is 0 Å². The van der Waals surface area contributed by atoms with Gasteiger partial charge in [0.1, 0.15) is 0 Å². The van der Waals surface area contributed by atoms with E-state index in [-0.39, 0.29) is 5.91 Å². The van der Waals surface area contributed by atoms with Crippen molar-refractivity contribution in [3.05, 3.63) is 48.6 Å². The monoisotopic (exact) mass is 327 g/mol. The fourth-order valence-corrected chi connectivity index (χ4v) is 4.27. The average molecular weight is 327 g/mol. The third kappa shape index (κ3) is 4.05. The normalized spacial score (nSPS) is 28.8. The Kier molecular flexibility index (Phi) is 5.69. The molecule has 24 heavy (non-hydrogen) atoms. The first kappa shape index (κ1) is 17.2. The van der Waals surface area contributed by atoms with Gasteiger partial charge < -0.3 is 10.2 Å². The average Bonchev–Trinajstić information content (AvgIpc) is 2.61. The standard InChI is InChI=1S/C20H29N3O/c1-3-10-22(2)14-18-15-23-11-9-17(18)12-19(23)13-21-20(24)16-7-5-4-6-8-16/h3-8,17-19H,1,9-15H2,2H3,(H,21,24). The quantitative estimate of drug-likeness (QED) is 0.780. The van der Waals surface area contributed by atoms with Gasteiger partial charge in [-0.2, -0.15) is 0 Å². The van der Waals surface area contributed by atoms with Gasteiger partial charge in [-0.1, -0.05) is 24.3 Å². The summed E-state index contributed by atoms with van der Waals surface area (Å²) in [5.74, 6) is 1.59. The number of carbonyl (C=O) groups is 1. The molecule has 0 spiro atoms. The molecule has 1 aromatic rings. The lowest BCUT2D eigenvalue weighted by molar-refractivity contribution is -0.00778. The van der Waals surface area contributed by atoms with Crippen LogP contribution in [0.5, 0.6) is 0 Å². The summed E-state index contributed by atoms with van der Waals surface area (Å²) in [7, 11) is 2.18. The second-order valence-corrected chi connectivity index (χ2v) is 7.28. The summed E-state index contributed by atoms with van der Waals surface area (Å²) in [5.41, 5.74) is 0.748. The molecule has 1 N–H and O–H groups in total. The summed E-state index contributed by atoms with van der Waals surface area (Å²) in [6.45, 7) is 9.04. The summed E-state index contributed by atoms with van der Waals surface area (Å²) >= 11 is 0. The van der Waals surface area contributed by atoms with Crippen molar-refractivity contribution in [2.45, 2.75) is 18.9 Å². The van der Waals surface area contributed by atoms with Crippen molar-refractivity contribution in [3.63, 3.8) is 0 Å². The van der Waals surface area contributed by atoms with Gasteiger partial charge in [-0.15, -0.1) is 6.58 Å². The summed E-state index contributed by atoms with van der Waals surface area (Å²) in [5, 5.41) is 3.13. The van der Waals surface area contributed by atoms with Crippen molar-refractivity contribution in [2.75, 3.05) is 39.8 Å². The van der Waals surface area contributed by atoms with E-state index >= 15 is 0 Å². The van der Waals surface area contributed by atoms with E-state index in [9.17, 15) is 4.79 Å². The van der Waals surface area contributed by atoms with Crippen LogP contribution in [0.25, 0.3) is 0 Å². The Bertz CT molecular complexity index is 559. The lowest BCUT2D eigenvalue weighted by Gasteiger charge is -2.50. The smallest absolute Gasteiger partial charge is 0.251 e. The molecule has 3 heterocycles. The van der Waals surface area contributed by atoms with E-state index < -0.39 is 0 Å². The molecule has 3 saturated heterocycles. The number of carbonyl (C=O) groups excluding carboxylic acids is 1. The summed E-state index contributed by atoms with van der Waals surface area (Å²) in [6, 6.07) is 9.99. The van der Waals surface area contributed by atoms with Crippen LogP contribution in [0.4, 0.5) is 0 Å². The molecule has 2 bridgehead atoms. The largest absolute Gasteiger partial charge is 0.350 e. The number of piperidine rings is 3. The summed E-state index contributed by atoms with van der Waals surface area (Å²) in [4.78, 5) is 17.2. The maximum absolute atomic E-state index is 12.2. The molecule has 1 amide bonds. The number of hydrogen-bond donors (Lipinski definition) is 1. The molecule has 4 heteroatoms. The van der Waals surface area contributed by atoms with Crippen molar-refractivity contribution in [3.8, 4) is 0 Å². The fraction of sp³-hybridized carbons (Fsp3) is 0.550. The predicted octanol–water partition coefficient (Wildman–Crippen LogP) is 2.24. The molecule has 0 radical (unpaired) electrons. The summed E-state index contributed by atoms with van der Waals surface area (Å²) < 4.78 is 0. The lowest BCUT2D eigenvalue weighted by atomic mass is 9.75. The Morgan fingerprint density at radius 2 is 2.21 bits per heavy atom. The topological polar surface area (TPSA) is 35.6 Å². The molecule has 1 aromatic carbocycles. The van der Waals surface area contributed by atoms with Gasteiger partial charge in [-0.3, -0.25) is 9.69 Å². The molecule has 4 rings (SSSR count). The van der Waals surface area contributed by atoms with Gasteiger partial charge in [0, 0.05) is 37.8 Å². The molecular weight excluding hydrogens is 298 g/mol. The SMILES string of the molecule is C=CCN(C)CC1CN2CCC1CC2CNC(=O)c1ccccc1. The first-order valence-corrected chi connectivity index (χ1v) is 9.04. The van der Waals surface area contributed by atoms with E-state index in [1.165, 1.54) is 19.4 Å². The molecule has 4 nitrogen and oxygen atoms in total. The van der Waals surface area contributed by atoms with Gasteiger partial charge in [-0.05, 0) is 50.4 Å². The Balaban J connectivity index is 1.50. The maximum atomic E-state index is 12.2. The minimum atomic E-state index is 0.0421. The number of fused-ring (bicyclic) bond motifs is 3. The van der Waals surface area contributed by atoms with Crippen LogP contribution in [-0.4, -0.2) is 61.5 Å². The molecular formula is C20H29N3O. The third-order valence-electron chi connectivity index (χ3n) is 5.54. The minimum Gasteiger partial charge on any atom is -0.350 e. The first-order chi connectivity index (χ1) is 11.7. The molecule has 0 aliphatic carbocycles. The molecule has 0 aromatic heterocycles.